The van der Waals surface area contributed by atoms with Gasteiger partial charge in [-0.15, -0.1) is 0 Å². The lowest BCUT2D eigenvalue weighted by molar-refractivity contribution is 0.0511. The molecule has 1 aliphatic heterocycles. The van der Waals surface area contributed by atoms with Gasteiger partial charge < -0.3 is 15.4 Å². The Labute approximate surface area is 142 Å². The Morgan fingerprint density at radius 1 is 1.33 bits per heavy atom. The van der Waals surface area contributed by atoms with Crippen LogP contribution in [0.1, 0.15) is 23.2 Å². The molecule has 1 saturated heterocycles. The number of nitrogens with one attached hydrogen (secondary N) is 2. The van der Waals surface area contributed by atoms with E-state index in [9.17, 15) is 4.79 Å². The summed E-state index contributed by atoms with van der Waals surface area (Å²) in [6.07, 6.45) is 5.55. The van der Waals surface area contributed by atoms with Gasteiger partial charge in [-0.2, -0.15) is 5.10 Å². The second-order valence-electron chi connectivity index (χ2n) is 6.33. The molecule has 1 fully saturated rings. The molecule has 6 nitrogen and oxygen atoms in total. The van der Waals surface area contributed by atoms with Crippen molar-refractivity contribution < 1.29 is 9.53 Å². The van der Waals surface area contributed by atoms with Gasteiger partial charge in [0, 0.05) is 31.5 Å². The third kappa shape index (κ3) is 3.66. The maximum Gasteiger partial charge on any atom is 0.253 e. The summed E-state index contributed by atoms with van der Waals surface area (Å²) in [4.78, 5) is 12.7. The highest BCUT2D eigenvalue weighted by molar-refractivity contribution is 5.97. The number of amides is 1. The molecule has 0 bridgehead atoms. The quantitative estimate of drug-likeness (QED) is 0.845. The van der Waals surface area contributed by atoms with E-state index in [2.05, 4.69) is 15.7 Å². The van der Waals surface area contributed by atoms with Crippen LogP contribution in [0.25, 0.3) is 5.69 Å². The van der Waals surface area contributed by atoms with Crippen LogP contribution >= 0.6 is 0 Å². The maximum absolute atomic E-state index is 12.7. The molecule has 1 aliphatic rings. The summed E-state index contributed by atoms with van der Waals surface area (Å²) in [5.41, 5.74) is 1.42. The predicted octanol–water partition coefficient (Wildman–Crippen LogP) is 1.62. The first-order valence-electron chi connectivity index (χ1n) is 8.31. The van der Waals surface area contributed by atoms with Crippen molar-refractivity contribution in [2.24, 2.45) is 5.41 Å². The zero-order valence-corrected chi connectivity index (χ0v) is 14.0. The van der Waals surface area contributed by atoms with Gasteiger partial charge in [-0.05, 0) is 44.1 Å². The van der Waals surface area contributed by atoms with Gasteiger partial charge in [-0.25, -0.2) is 4.68 Å². The lowest BCUT2D eigenvalue weighted by Gasteiger charge is -2.37. The minimum Gasteiger partial charge on any atom is -0.384 e. The van der Waals surface area contributed by atoms with Crippen molar-refractivity contribution in [3.8, 4) is 5.69 Å². The lowest BCUT2D eigenvalue weighted by atomic mass is 9.79. The third-order valence-electron chi connectivity index (χ3n) is 4.64. The molecule has 2 aromatic rings. The first kappa shape index (κ1) is 16.7. The van der Waals surface area contributed by atoms with Crippen molar-refractivity contribution in [3.05, 3.63) is 48.3 Å². The van der Waals surface area contributed by atoms with E-state index in [0.29, 0.717) is 18.7 Å². The Kier molecular flexibility index (Phi) is 5.27. The number of ether oxygens (including phenoxy) is 1. The Bertz CT molecular complexity index is 658. The molecule has 0 spiro atoms. The zero-order chi connectivity index (χ0) is 16.8. The molecule has 1 amide bonds. The van der Waals surface area contributed by atoms with Crippen molar-refractivity contribution in [2.75, 3.05) is 33.4 Å². The summed E-state index contributed by atoms with van der Waals surface area (Å²) in [6, 6.07) is 9.36. The summed E-state index contributed by atoms with van der Waals surface area (Å²) in [6.45, 7) is 3.21. The van der Waals surface area contributed by atoms with E-state index in [1.807, 2.05) is 36.5 Å². The van der Waals surface area contributed by atoms with Crippen LogP contribution in [-0.4, -0.2) is 49.0 Å². The molecule has 24 heavy (non-hydrogen) atoms. The number of carbonyl (C=O) groups is 1. The number of carbonyl (C=O) groups excluding carboxylic acids is 1. The standard InChI is InChI=1S/C18H24N4O2/c1-24-14-18(7-10-19-11-8-18)13-20-17(23)15-5-2-3-6-16(15)22-12-4-9-21-22/h2-6,9,12,19H,7-8,10-11,13-14H2,1H3,(H,20,23). The van der Waals surface area contributed by atoms with Gasteiger partial charge in [0.15, 0.2) is 0 Å². The van der Waals surface area contributed by atoms with Crippen LogP contribution in [0.15, 0.2) is 42.7 Å². The molecule has 0 saturated carbocycles. The molecule has 0 radical (unpaired) electrons. The highest BCUT2D eigenvalue weighted by Gasteiger charge is 2.32. The van der Waals surface area contributed by atoms with Crippen LogP contribution in [0.5, 0.6) is 0 Å². The van der Waals surface area contributed by atoms with E-state index in [-0.39, 0.29) is 11.3 Å². The number of piperidine rings is 1. The molecule has 1 aromatic heterocycles. The Hall–Kier alpha value is -2.18. The number of para-hydroxylation sites is 1. The highest BCUT2D eigenvalue weighted by Crippen LogP contribution is 2.28. The van der Waals surface area contributed by atoms with Crippen LogP contribution in [-0.2, 0) is 4.74 Å². The van der Waals surface area contributed by atoms with Crippen molar-refractivity contribution >= 4 is 5.91 Å². The predicted molar refractivity (Wildman–Crippen MR) is 92.3 cm³/mol. The fourth-order valence-electron chi connectivity index (χ4n) is 3.28. The molecule has 6 heteroatoms. The van der Waals surface area contributed by atoms with Gasteiger partial charge in [0.25, 0.3) is 5.91 Å². The second kappa shape index (κ2) is 7.59. The Morgan fingerprint density at radius 2 is 2.12 bits per heavy atom. The summed E-state index contributed by atoms with van der Waals surface area (Å²) >= 11 is 0. The number of hydrogen-bond donors (Lipinski definition) is 2. The fraction of sp³-hybridized carbons (Fsp3) is 0.444. The van der Waals surface area contributed by atoms with Gasteiger partial charge in [-0.1, -0.05) is 12.1 Å². The van der Waals surface area contributed by atoms with E-state index >= 15 is 0 Å². The normalized spacial score (nSPS) is 16.7. The van der Waals surface area contributed by atoms with E-state index in [0.717, 1.165) is 31.6 Å². The topological polar surface area (TPSA) is 68.2 Å². The average molecular weight is 328 g/mol. The zero-order valence-electron chi connectivity index (χ0n) is 14.0. The summed E-state index contributed by atoms with van der Waals surface area (Å²) in [5.74, 6) is -0.0740. The van der Waals surface area contributed by atoms with Crippen LogP contribution in [0.2, 0.25) is 0 Å². The van der Waals surface area contributed by atoms with E-state index in [1.54, 1.807) is 18.0 Å². The first-order valence-corrected chi connectivity index (χ1v) is 8.31. The van der Waals surface area contributed by atoms with Gasteiger partial charge in [0.1, 0.15) is 0 Å². The molecule has 0 unspecified atom stereocenters. The summed E-state index contributed by atoms with van der Waals surface area (Å²) in [5, 5.41) is 10.7. The van der Waals surface area contributed by atoms with Crippen LogP contribution in [0, 0.1) is 5.41 Å². The van der Waals surface area contributed by atoms with E-state index < -0.39 is 0 Å². The number of benzene rings is 1. The number of rotatable bonds is 6. The van der Waals surface area contributed by atoms with Crippen molar-refractivity contribution in [1.29, 1.82) is 0 Å². The second-order valence-corrected chi connectivity index (χ2v) is 6.33. The molecule has 128 valence electrons. The first-order chi connectivity index (χ1) is 11.7. The molecule has 3 rings (SSSR count). The average Bonchev–Trinajstić information content (AvgIpc) is 3.15. The number of methoxy groups -OCH3 is 1. The minimum absolute atomic E-state index is 0.0102. The van der Waals surface area contributed by atoms with Gasteiger partial charge in [0.2, 0.25) is 0 Å². The number of hydrogen-bond acceptors (Lipinski definition) is 4. The van der Waals surface area contributed by atoms with Crippen LogP contribution in [0.3, 0.4) is 0 Å². The summed E-state index contributed by atoms with van der Waals surface area (Å²) < 4.78 is 7.12. The van der Waals surface area contributed by atoms with Crippen molar-refractivity contribution in [2.45, 2.75) is 12.8 Å². The molecular formula is C18H24N4O2. The van der Waals surface area contributed by atoms with Crippen molar-refractivity contribution in [3.63, 3.8) is 0 Å². The number of nitrogens with zero attached hydrogens (tertiary/aromatic N) is 2. The molecule has 2 heterocycles. The van der Waals surface area contributed by atoms with Crippen LogP contribution < -0.4 is 10.6 Å². The van der Waals surface area contributed by atoms with E-state index in [1.165, 1.54) is 0 Å². The van der Waals surface area contributed by atoms with Gasteiger partial charge >= 0.3 is 0 Å². The molecule has 0 aliphatic carbocycles. The van der Waals surface area contributed by atoms with E-state index in [4.69, 9.17) is 4.74 Å². The smallest absolute Gasteiger partial charge is 0.253 e. The maximum atomic E-state index is 12.7. The monoisotopic (exact) mass is 328 g/mol. The molecular weight excluding hydrogens is 304 g/mol. The van der Waals surface area contributed by atoms with Crippen LogP contribution in [0.4, 0.5) is 0 Å². The van der Waals surface area contributed by atoms with Gasteiger partial charge in [0.05, 0.1) is 17.9 Å². The SMILES string of the molecule is COCC1(CNC(=O)c2ccccc2-n2cccn2)CCNCC1. The molecule has 1 aromatic carbocycles. The summed E-state index contributed by atoms with van der Waals surface area (Å²) in [7, 11) is 1.72. The highest BCUT2D eigenvalue weighted by atomic mass is 16.5. The Balaban J connectivity index is 1.73. The number of aromatic nitrogens is 2. The Morgan fingerprint density at radius 3 is 2.83 bits per heavy atom. The largest absolute Gasteiger partial charge is 0.384 e. The molecule has 2 N–H and O–H groups in total. The van der Waals surface area contributed by atoms with Gasteiger partial charge in [-0.3, -0.25) is 4.79 Å². The fourth-order valence-corrected chi connectivity index (χ4v) is 3.28. The molecule has 0 atom stereocenters. The minimum atomic E-state index is -0.0740. The third-order valence-corrected chi connectivity index (χ3v) is 4.64. The van der Waals surface area contributed by atoms with Crippen molar-refractivity contribution in [1.82, 2.24) is 20.4 Å². The lowest BCUT2D eigenvalue weighted by Crippen LogP contribution is -2.47.